The first-order valence-electron chi connectivity index (χ1n) is 9.40. The van der Waals surface area contributed by atoms with E-state index in [1.54, 1.807) is 0 Å². The molecule has 1 amide bonds. The van der Waals surface area contributed by atoms with E-state index in [1.807, 2.05) is 17.9 Å². The number of benzene rings is 1. The van der Waals surface area contributed by atoms with E-state index in [2.05, 4.69) is 29.2 Å². The number of piperidine rings is 2. The average molecular weight is 344 g/mol. The monoisotopic (exact) mass is 344 g/mol. The van der Waals surface area contributed by atoms with Gasteiger partial charge in [0.15, 0.2) is 0 Å². The number of nitrogens with zero attached hydrogens (tertiary/aromatic N) is 2. The second kappa shape index (κ2) is 8.00. The molecule has 0 unspecified atom stereocenters. The number of likely N-dealkylation sites (tertiary alicyclic amines) is 2. The van der Waals surface area contributed by atoms with Crippen LogP contribution in [-0.4, -0.2) is 53.5 Å². The van der Waals surface area contributed by atoms with Gasteiger partial charge in [-0.3, -0.25) is 9.69 Å². The molecule has 0 saturated carbocycles. The lowest BCUT2D eigenvalue weighted by atomic mass is 9.83. The molecule has 2 aliphatic rings. The van der Waals surface area contributed by atoms with Crippen molar-refractivity contribution in [1.82, 2.24) is 9.80 Å². The number of hydrogen-bond acceptors (Lipinski definition) is 4. The topological polar surface area (TPSA) is 49.9 Å². The van der Waals surface area contributed by atoms with Crippen LogP contribution in [-0.2, 0) is 20.9 Å². The first kappa shape index (κ1) is 17.9. The molecule has 0 bridgehead atoms. The first-order valence-corrected chi connectivity index (χ1v) is 9.40. The predicted octanol–water partition coefficient (Wildman–Crippen LogP) is 2.60. The summed E-state index contributed by atoms with van der Waals surface area (Å²) in [5, 5.41) is 0. The van der Waals surface area contributed by atoms with Crippen molar-refractivity contribution in [3.8, 4) is 0 Å². The summed E-state index contributed by atoms with van der Waals surface area (Å²) in [6.07, 6.45) is 3.76. The van der Waals surface area contributed by atoms with Gasteiger partial charge in [-0.1, -0.05) is 30.3 Å². The molecule has 0 aromatic heterocycles. The lowest BCUT2D eigenvalue weighted by Crippen LogP contribution is -2.63. The van der Waals surface area contributed by atoms with Crippen LogP contribution in [0.4, 0.5) is 0 Å². The molecule has 25 heavy (non-hydrogen) atoms. The van der Waals surface area contributed by atoms with Crippen LogP contribution in [0.25, 0.3) is 0 Å². The fraction of sp³-hybridized carbons (Fsp3) is 0.600. The maximum absolute atomic E-state index is 12.8. The number of amides is 1. The van der Waals surface area contributed by atoms with Crippen molar-refractivity contribution in [2.45, 2.75) is 51.1 Å². The third-order valence-corrected chi connectivity index (χ3v) is 5.43. The fourth-order valence-electron chi connectivity index (χ4n) is 4.03. The Hall–Kier alpha value is -1.88. The van der Waals surface area contributed by atoms with Crippen molar-refractivity contribution in [2.75, 3.05) is 26.2 Å². The number of carbonyl (C=O) groups excluding carboxylic acids is 2. The summed E-state index contributed by atoms with van der Waals surface area (Å²) in [6, 6.07) is 10.4. The van der Waals surface area contributed by atoms with Gasteiger partial charge in [0, 0.05) is 32.6 Å². The molecule has 5 heteroatoms. The van der Waals surface area contributed by atoms with Gasteiger partial charge in [0.05, 0.1) is 6.61 Å². The standard InChI is InChI=1S/C20H28N2O3/c1-2-25-19(24)20(22-13-7-6-10-18(22)23)11-14-21(15-12-20)16-17-8-4-3-5-9-17/h3-5,8-9H,2,6-7,10-16H2,1H3. The highest BCUT2D eigenvalue weighted by molar-refractivity contribution is 5.88. The molecular weight excluding hydrogens is 316 g/mol. The van der Waals surface area contributed by atoms with Crippen LogP contribution in [0.1, 0.15) is 44.6 Å². The van der Waals surface area contributed by atoms with E-state index in [0.717, 1.165) is 32.5 Å². The Morgan fingerprint density at radius 3 is 2.48 bits per heavy atom. The lowest BCUT2D eigenvalue weighted by Gasteiger charge is -2.48. The Bertz CT molecular complexity index is 594. The number of esters is 1. The van der Waals surface area contributed by atoms with E-state index < -0.39 is 5.54 Å². The Morgan fingerprint density at radius 2 is 1.84 bits per heavy atom. The van der Waals surface area contributed by atoms with E-state index in [-0.39, 0.29) is 11.9 Å². The number of hydrogen-bond donors (Lipinski definition) is 0. The van der Waals surface area contributed by atoms with Crippen LogP contribution in [0.3, 0.4) is 0 Å². The molecule has 0 aliphatic carbocycles. The smallest absolute Gasteiger partial charge is 0.332 e. The number of rotatable bonds is 5. The largest absolute Gasteiger partial charge is 0.464 e. The van der Waals surface area contributed by atoms with Gasteiger partial charge in [-0.15, -0.1) is 0 Å². The lowest BCUT2D eigenvalue weighted by molar-refractivity contribution is -0.169. The van der Waals surface area contributed by atoms with Gasteiger partial charge in [0.1, 0.15) is 5.54 Å². The zero-order valence-electron chi connectivity index (χ0n) is 15.1. The van der Waals surface area contributed by atoms with E-state index in [1.165, 1.54) is 5.56 Å². The first-order chi connectivity index (χ1) is 12.2. The Morgan fingerprint density at radius 1 is 1.12 bits per heavy atom. The third-order valence-electron chi connectivity index (χ3n) is 5.43. The van der Waals surface area contributed by atoms with E-state index in [0.29, 0.717) is 32.4 Å². The van der Waals surface area contributed by atoms with Crippen molar-refractivity contribution in [2.24, 2.45) is 0 Å². The third kappa shape index (κ3) is 3.87. The average Bonchev–Trinajstić information content (AvgIpc) is 2.64. The number of ether oxygens (including phenoxy) is 1. The van der Waals surface area contributed by atoms with Crippen LogP contribution < -0.4 is 0 Å². The maximum atomic E-state index is 12.8. The molecule has 0 spiro atoms. The minimum Gasteiger partial charge on any atom is -0.464 e. The number of carbonyl (C=O) groups is 2. The molecular formula is C20H28N2O3. The molecule has 2 fully saturated rings. The van der Waals surface area contributed by atoms with Crippen molar-refractivity contribution in [1.29, 1.82) is 0 Å². The molecule has 2 heterocycles. The summed E-state index contributed by atoms with van der Waals surface area (Å²) in [5.74, 6) is -0.111. The van der Waals surface area contributed by atoms with Gasteiger partial charge in [0.25, 0.3) is 0 Å². The van der Waals surface area contributed by atoms with Crippen molar-refractivity contribution in [3.05, 3.63) is 35.9 Å². The summed E-state index contributed by atoms with van der Waals surface area (Å²) >= 11 is 0. The van der Waals surface area contributed by atoms with Crippen LogP contribution in [0, 0.1) is 0 Å². The van der Waals surface area contributed by atoms with Crippen LogP contribution in [0.15, 0.2) is 30.3 Å². The van der Waals surface area contributed by atoms with E-state index in [9.17, 15) is 9.59 Å². The molecule has 136 valence electrons. The maximum Gasteiger partial charge on any atom is 0.332 e. The molecule has 1 aromatic carbocycles. The van der Waals surface area contributed by atoms with Crippen LogP contribution >= 0.6 is 0 Å². The van der Waals surface area contributed by atoms with Crippen molar-refractivity contribution in [3.63, 3.8) is 0 Å². The van der Waals surface area contributed by atoms with Gasteiger partial charge in [-0.25, -0.2) is 4.79 Å². The summed E-state index contributed by atoms with van der Waals surface area (Å²) in [4.78, 5) is 29.5. The Labute approximate surface area is 149 Å². The summed E-state index contributed by atoms with van der Waals surface area (Å²) in [5.41, 5.74) is 0.515. The summed E-state index contributed by atoms with van der Waals surface area (Å²) in [7, 11) is 0. The molecule has 0 atom stereocenters. The normalized spacial score (nSPS) is 21.2. The zero-order valence-corrected chi connectivity index (χ0v) is 15.1. The molecule has 3 rings (SSSR count). The van der Waals surface area contributed by atoms with Gasteiger partial charge >= 0.3 is 5.97 Å². The predicted molar refractivity (Wildman–Crippen MR) is 95.9 cm³/mol. The molecule has 5 nitrogen and oxygen atoms in total. The molecule has 0 N–H and O–H groups in total. The van der Waals surface area contributed by atoms with Crippen molar-refractivity contribution < 1.29 is 14.3 Å². The molecule has 1 aromatic rings. The van der Waals surface area contributed by atoms with E-state index >= 15 is 0 Å². The van der Waals surface area contributed by atoms with Crippen LogP contribution in [0.5, 0.6) is 0 Å². The minimum absolute atomic E-state index is 0.107. The van der Waals surface area contributed by atoms with Crippen molar-refractivity contribution >= 4 is 11.9 Å². The zero-order chi connectivity index (χ0) is 17.7. The van der Waals surface area contributed by atoms with Gasteiger partial charge in [-0.05, 0) is 38.2 Å². The fourth-order valence-corrected chi connectivity index (χ4v) is 4.03. The highest BCUT2D eigenvalue weighted by Gasteiger charge is 2.49. The van der Waals surface area contributed by atoms with Gasteiger partial charge in [0.2, 0.25) is 5.91 Å². The second-order valence-electron chi connectivity index (χ2n) is 7.02. The quantitative estimate of drug-likeness (QED) is 0.771. The van der Waals surface area contributed by atoms with E-state index in [4.69, 9.17) is 4.74 Å². The van der Waals surface area contributed by atoms with Gasteiger partial charge in [-0.2, -0.15) is 0 Å². The minimum atomic E-state index is -0.763. The Kier molecular flexibility index (Phi) is 5.74. The highest BCUT2D eigenvalue weighted by atomic mass is 16.5. The molecule has 0 radical (unpaired) electrons. The Balaban J connectivity index is 1.72. The summed E-state index contributed by atoms with van der Waals surface area (Å²) in [6.45, 7) is 5.35. The SMILES string of the molecule is CCOC(=O)C1(N2CCCCC2=O)CCN(Cc2ccccc2)CC1. The summed E-state index contributed by atoms with van der Waals surface area (Å²) < 4.78 is 5.39. The molecule has 2 aliphatic heterocycles. The van der Waals surface area contributed by atoms with Crippen LogP contribution in [0.2, 0.25) is 0 Å². The second-order valence-corrected chi connectivity index (χ2v) is 7.02. The molecule has 2 saturated heterocycles. The van der Waals surface area contributed by atoms with Gasteiger partial charge < -0.3 is 9.64 Å². The highest BCUT2D eigenvalue weighted by Crippen LogP contribution is 2.34.